The first-order valence-corrected chi connectivity index (χ1v) is 11.1. The predicted octanol–water partition coefficient (Wildman–Crippen LogP) is 3.66. The smallest absolute Gasteiger partial charge is 0.156 e. The summed E-state index contributed by atoms with van der Waals surface area (Å²) < 4.78 is 2.30. The summed E-state index contributed by atoms with van der Waals surface area (Å²) in [7, 11) is 0. The van der Waals surface area contributed by atoms with Gasteiger partial charge in [-0.2, -0.15) is 5.26 Å². The molecule has 4 heterocycles. The number of aromatic nitrogens is 3. The lowest BCUT2D eigenvalue weighted by atomic mass is 10.1. The lowest BCUT2D eigenvalue weighted by Gasteiger charge is -2.35. The van der Waals surface area contributed by atoms with E-state index in [9.17, 15) is 5.26 Å². The topological polar surface area (TPSA) is 61.0 Å². The van der Waals surface area contributed by atoms with Crippen molar-refractivity contribution in [1.29, 1.82) is 5.26 Å². The molecule has 2 aliphatic heterocycles. The van der Waals surface area contributed by atoms with Crippen LogP contribution in [0.1, 0.15) is 29.7 Å². The summed E-state index contributed by atoms with van der Waals surface area (Å²) in [5.74, 6) is 0.985. The number of halogens is 1. The summed E-state index contributed by atoms with van der Waals surface area (Å²) in [5, 5.41) is 10.5. The van der Waals surface area contributed by atoms with Crippen LogP contribution in [-0.4, -0.2) is 52.2 Å². The molecule has 1 fully saturated rings. The summed E-state index contributed by atoms with van der Waals surface area (Å²) in [6.07, 6.45) is 5.87. The Balaban J connectivity index is 1.33. The Morgan fingerprint density at radius 1 is 1.07 bits per heavy atom. The molecule has 0 aliphatic carbocycles. The molecule has 0 N–H and O–H groups in total. The number of aryl methyl sites for hydroxylation is 1. The van der Waals surface area contributed by atoms with Crippen molar-refractivity contribution in [3.8, 4) is 6.07 Å². The molecule has 7 heteroatoms. The number of rotatable bonds is 4. The van der Waals surface area contributed by atoms with Gasteiger partial charge in [-0.3, -0.25) is 4.90 Å². The van der Waals surface area contributed by atoms with Crippen molar-refractivity contribution in [1.82, 2.24) is 19.4 Å². The maximum Gasteiger partial charge on any atom is 0.156 e. The van der Waals surface area contributed by atoms with E-state index in [1.807, 2.05) is 12.1 Å². The van der Waals surface area contributed by atoms with E-state index in [-0.39, 0.29) is 0 Å². The van der Waals surface area contributed by atoms with Gasteiger partial charge in [-0.1, -0.05) is 23.7 Å². The molecule has 6 nitrogen and oxygen atoms in total. The number of nitrogens with zero attached hydrogens (tertiary/aromatic N) is 6. The molecule has 1 aromatic carbocycles. The Hall–Kier alpha value is -2.62. The minimum atomic E-state index is 0.744. The summed E-state index contributed by atoms with van der Waals surface area (Å²) >= 11 is 6.11. The number of nitriles is 1. The van der Waals surface area contributed by atoms with Gasteiger partial charge in [0.1, 0.15) is 23.4 Å². The van der Waals surface area contributed by atoms with Crippen LogP contribution < -0.4 is 4.90 Å². The molecule has 154 valence electrons. The monoisotopic (exact) mass is 420 g/mol. The zero-order chi connectivity index (χ0) is 20.5. The Bertz CT molecular complexity index is 1110. The van der Waals surface area contributed by atoms with E-state index in [2.05, 4.69) is 42.5 Å². The van der Waals surface area contributed by atoms with E-state index in [0.29, 0.717) is 0 Å². The third kappa shape index (κ3) is 3.53. The molecule has 1 saturated heterocycles. The van der Waals surface area contributed by atoms with Crippen molar-refractivity contribution in [2.45, 2.75) is 32.2 Å². The summed E-state index contributed by atoms with van der Waals surface area (Å²) in [4.78, 5) is 14.0. The molecule has 2 aliphatic rings. The molecule has 0 bridgehead atoms. The van der Waals surface area contributed by atoms with Crippen molar-refractivity contribution >= 4 is 28.5 Å². The standard InChI is InChI=1S/C23H25ClN6/c24-18-5-3-4-17(14-18)7-9-28-10-12-29(13-11-28)23-22-21(26-16-27-23)19(15-25)20-6-1-2-8-30(20)22/h3-5,14,16H,1-2,6-13H2. The second-order valence-corrected chi connectivity index (χ2v) is 8.58. The van der Waals surface area contributed by atoms with Crippen LogP contribution in [0.15, 0.2) is 30.6 Å². The highest BCUT2D eigenvalue weighted by molar-refractivity contribution is 6.30. The molecular formula is C23H25ClN6. The maximum atomic E-state index is 9.73. The number of benzene rings is 1. The van der Waals surface area contributed by atoms with Crippen LogP contribution in [0.25, 0.3) is 11.0 Å². The highest BCUT2D eigenvalue weighted by Gasteiger charge is 2.27. The van der Waals surface area contributed by atoms with Crippen LogP contribution in [0.5, 0.6) is 0 Å². The molecule has 30 heavy (non-hydrogen) atoms. The third-order valence-electron chi connectivity index (χ3n) is 6.36. The highest BCUT2D eigenvalue weighted by atomic mass is 35.5. The number of piperazine rings is 1. The van der Waals surface area contributed by atoms with Crippen LogP contribution >= 0.6 is 11.6 Å². The van der Waals surface area contributed by atoms with Crippen LogP contribution in [0.2, 0.25) is 5.02 Å². The van der Waals surface area contributed by atoms with E-state index in [1.165, 1.54) is 5.56 Å². The van der Waals surface area contributed by atoms with E-state index in [0.717, 1.165) is 98.1 Å². The summed E-state index contributed by atoms with van der Waals surface area (Å²) in [6, 6.07) is 10.5. The number of hydrogen-bond acceptors (Lipinski definition) is 5. The molecule has 0 unspecified atom stereocenters. The highest BCUT2D eigenvalue weighted by Crippen LogP contribution is 2.34. The summed E-state index contributed by atoms with van der Waals surface area (Å²) in [5.41, 5.74) is 5.04. The van der Waals surface area contributed by atoms with Crippen LogP contribution in [-0.2, 0) is 19.4 Å². The van der Waals surface area contributed by atoms with E-state index < -0.39 is 0 Å². The number of hydrogen-bond donors (Lipinski definition) is 0. The number of anilines is 1. The second kappa shape index (κ2) is 8.25. The Kier molecular flexibility index (Phi) is 5.32. The molecule has 5 rings (SSSR count). The van der Waals surface area contributed by atoms with Crippen molar-refractivity contribution in [3.05, 3.63) is 52.4 Å². The first kappa shape index (κ1) is 19.3. The van der Waals surface area contributed by atoms with E-state index >= 15 is 0 Å². The fourth-order valence-corrected chi connectivity index (χ4v) is 5.00. The van der Waals surface area contributed by atoms with Gasteiger partial charge in [-0.15, -0.1) is 0 Å². The van der Waals surface area contributed by atoms with Crippen molar-refractivity contribution in [2.24, 2.45) is 0 Å². The maximum absolute atomic E-state index is 9.73. The van der Waals surface area contributed by atoms with Gasteiger partial charge >= 0.3 is 0 Å². The van der Waals surface area contributed by atoms with E-state index in [1.54, 1.807) is 6.33 Å². The van der Waals surface area contributed by atoms with Gasteiger partial charge < -0.3 is 9.47 Å². The number of fused-ring (bicyclic) bond motifs is 3. The fourth-order valence-electron chi connectivity index (χ4n) is 4.79. The van der Waals surface area contributed by atoms with Gasteiger partial charge in [0.25, 0.3) is 0 Å². The largest absolute Gasteiger partial charge is 0.352 e. The molecule has 0 atom stereocenters. The van der Waals surface area contributed by atoms with Crippen molar-refractivity contribution in [2.75, 3.05) is 37.6 Å². The minimum absolute atomic E-state index is 0.744. The molecule has 0 amide bonds. The first-order chi connectivity index (χ1) is 14.7. The minimum Gasteiger partial charge on any atom is -0.352 e. The molecule has 0 radical (unpaired) electrons. The van der Waals surface area contributed by atoms with Crippen LogP contribution in [0, 0.1) is 11.3 Å². The summed E-state index contributed by atoms with van der Waals surface area (Å²) in [6.45, 7) is 5.86. The Labute approximate surface area is 181 Å². The second-order valence-electron chi connectivity index (χ2n) is 8.15. The van der Waals surface area contributed by atoms with Gasteiger partial charge in [-0.25, -0.2) is 9.97 Å². The van der Waals surface area contributed by atoms with Gasteiger partial charge in [0, 0.05) is 50.0 Å². The Morgan fingerprint density at radius 2 is 1.93 bits per heavy atom. The quantitative estimate of drug-likeness (QED) is 0.644. The van der Waals surface area contributed by atoms with Crippen LogP contribution in [0.4, 0.5) is 5.82 Å². The predicted molar refractivity (Wildman–Crippen MR) is 119 cm³/mol. The van der Waals surface area contributed by atoms with E-state index in [4.69, 9.17) is 11.6 Å². The van der Waals surface area contributed by atoms with Crippen molar-refractivity contribution < 1.29 is 0 Å². The van der Waals surface area contributed by atoms with Crippen molar-refractivity contribution in [3.63, 3.8) is 0 Å². The van der Waals surface area contributed by atoms with Gasteiger partial charge in [0.05, 0.1) is 5.56 Å². The lowest BCUT2D eigenvalue weighted by Crippen LogP contribution is -2.47. The average Bonchev–Trinajstić information content (AvgIpc) is 3.12. The average molecular weight is 421 g/mol. The molecule has 0 spiro atoms. The molecular weight excluding hydrogens is 396 g/mol. The zero-order valence-corrected chi connectivity index (χ0v) is 17.8. The van der Waals surface area contributed by atoms with Crippen LogP contribution in [0.3, 0.4) is 0 Å². The Morgan fingerprint density at radius 3 is 2.73 bits per heavy atom. The SMILES string of the molecule is N#Cc1c2n(c3c(N4CCN(CCc5cccc(Cl)c5)CC4)ncnc13)CCCC2. The molecule has 2 aromatic heterocycles. The molecule has 0 saturated carbocycles. The lowest BCUT2D eigenvalue weighted by molar-refractivity contribution is 0.260. The fraction of sp³-hybridized carbons (Fsp3) is 0.435. The molecule has 3 aromatic rings. The van der Waals surface area contributed by atoms with Gasteiger partial charge in [0.15, 0.2) is 5.82 Å². The normalized spacial score (nSPS) is 17.1. The van der Waals surface area contributed by atoms with Gasteiger partial charge in [-0.05, 0) is 43.4 Å². The zero-order valence-electron chi connectivity index (χ0n) is 17.0. The third-order valence-corrected chi connectivity index (χ3v) is 6.59. The van der Waals surface area contributed by atoms with Gasteiger partial charge in [0.2, 0.25) is 0 Å². The first-order valence-electron chi connectivity index (χ1n) is 10.7.